The quantitative estimate of drug-likeness (QED) is 0.187. The first-order chi connectivity index (χ1) is 21.8. The molecule has 6 rings (SSSR count). The van der Waals surface area contributed by atoms with Crippen LogP contribution in [0.2, 0.25) is 0 Å². The number of nitrogens with zero attached hydrogens (tertiary/aromatic N) is 8. The molecule has 6 aromatic rings. The van der Waals surface area contributed by atoms with Gasteiger partial charge in [0.05, 0.1) is 34.2 Å². The second-order valence-corrected chi connectivity index (χ2v) is 12.4. The molecule has 0 saturated carbocycles. The van der Waals surface area contributed by atoms with Crippen molar-refractivity contribution in [3.05, 3.63) is 116 Å². The number of rotatable bonds is 4. The van der Waals surface area contributed by atoms with Crippen molar-refractivity contribution in [1.29, 1.82) is 0 Å². The van der Waals surface area contributed by atoms with Crippen LogP contribution in [0, 0.1) is 83.1 Å². The van der Waals surface area contributed by atoms with Gasteiger partial charge in [0.15, 0.2) is 11.6 Å². The second kappa shape index (κ2) is 14.1. The van der Waals surface area contributed by atoms with Crippen molar-refractivity contribution in [2.45, 2.75) is 83.1 Å². The number of hydrogen-bond acceptors (Lipinski definition) is 6. The molecule has 0 atom stereocenters. The van der Waals surface area contributed by atoms with Gasteiger partial charge in [-0.05, 0) is 164 Å². The smallest absolute Gasteiger partial charge is 0.254 e. The number of pyridine rings is 4. The fourth-order valence-electron chi connectivity index (χ4n) is 5.58. The molecule has 0 aliphatic rings. The zero-order chi connectivity index (χ0) is 33.4. The zero-order valence-corrected chi connectivity index (χ0v) is 30.6. The van der Waals surface area contributed by atoms with Crippen molar-refractivity contribution >= 4 is 0 Å². The van der Waals surface area contributed by atoms with Crippen LogP contribution >= 0.6 is 0 Å². The van der Waals surface area contributed by atoms with Crippen LogP contribution in [0.5, 0.6) is 0 Å². The van der Waals surface area contributed by atoms with Gasteiger partial charge in [0.25, 0.3) is 0 Å². The average molecular weight is 672 g/mol. The van der Waals surface area contributed by atoms with E-state index >= 15 is 0 Å². The first-order valence-corrected chi connectivity index (χ1v) is 15.7. The summed E-state index contributed by atoms with van der Waals surface area (Å²) in [5.41, 5.74) is 17.5. The summed E-state index contributed by atoms with van der Waals surface area (Å²) < 4.78 is 3.80. The van der Waals surface area contributed by atoms with E-state index in [1.807, 2.05) is 61.6 Å². The van der Waals surface area contributed by atoms with E-state index in [0.29, 0.717) is 0 Å². The molecule has 1 radical (unpaired) electrons. The third kappa shape index (κ3) is 7.11. The first-order valence-electron chi connectivity index (χ1n) is 15.7. The summed E-state index contributed by atoms with van der Waals surface area (Å²) in [6, 6.07) is 12.4. The normalized spacial score (nSPS) is 10.8. The van der Waals surface area contributed by atoms with E-state index in [1.54, 1.807) is 0 Å². The van der Waals surface area contributed by atoms with Gasteiger partial charge in [-0.25, -0.2) is 19.3 Å². The molecule has 243 valence electrons. The van der Waals surface area contributed by atoms with Crippen LogP contribution in [0.4, 0.5) is 0 Å². The molecule has 6 heterocycles. The Hall–Kier alpha value is -4.47. The molecule has 0 bridgehead atoms. The van der Waals surface area contributed by atoms with Crippen LogP contribution < -0.4 is 0 Å². The van der Waals surface area contributed by atoms with Crippen LogP contribution in [0.25, 0.3) is 34.4 Å². The van der Waals surface area contributed by atoms with Gasteiger partial charge in [0.1, 0.15) is 0 Å². The van der Waals surface area contributed by atoms with Gasteiger partial charge in [-0.15, -0.1) is 0 Å². The number of aromatic nitrogens is 8. The Bertz CT molecular complexity index is 1940. The molecule has 9 heteroatoms. The Labute approximate surface area is 289 Å². The summed E-state index contributed by atoms with van der Waals surface area (Å²) in [4.78, 5) is 18.9. The third-order valence-corrected chi connectivity index (χ3v) is 8.89. The van der Waals surface area contributed by atoms with Crippen molar-refractivity contribution in [3.63, 3.8) is 0 Å². The summed E-state index contributed by atoms with van der Waals surface area (Å²) in [6.45, 7) is 24.9. The van der Waals surface area contributed by atoms with Gasteiger partial charge in [-0.3, -0.25) is 9.97 Å². The van der Waals surface area contributed by atoms with Gasteiger partial charge >= 0.3 is 16.8 Å². The maximum atomic E-state index is 4.89. The minimum absolute atomic E-state index is 0. The van der Waals surface area contributed by atoms with E-state index in [9.17, 15) is 0 Å². The molecule has 0 aromatic carbocycles. The van der Waals surface area contributed by atoms with Crippen molar-refractivity contribution in [3.8, 4) is 34.4 Å². The van der Waals surface area contributed by atoms with Crippen molar-refractivity contribution < 1.29 is 16.8 Å². The van der Waals surface area contributed by atoms with Gasteiger partial charge in [-0.2, -0.15) is 10.2 Å². The van der Waals surface area contributed by atoms with Gasteiger partial charge in [-0.1, -0.05) is 0 Å². The third-order valence-electron chi connectivity index (χ3n) is 8.89. The van der Waals surface area contributed by atoms with Gasteiger partial charge in [0, 0.05) is 23.8 Å². The van der Waals surface area contributed by atoms with E-state index in [0.717, 1.165) is 68.3 Å². The van der Waals surface area contributed by atoms with E-state index in [1.165, 1.54) is 33.4 Å². The molecule has 0 saturated heterocycles. The zero-order valence-electron chi connectivity index (χ0n) is 29.5. The summed E-state index contributed by atoms with van der Waals surface area (Å²) in [7, 11) is 0. The Balaban J connectivity index is 0.000000208. The summed E-state index contributed by atoms with van der Waals surface area (Å²) in [6.07, 6.45) is 3.70. The number of hydrogen-bond donors (Lipinski definition) is 0. The minimum atomic E-state index is 0. The molecule has 0 spiro atoms. The molecule has 0 aliphatic carbocycles. The average Bonchev–Trinajstić information content (AvgIpc) is 3.53. The Morgan fingerprint density at radius 3 is 1.09 bits per heavy atom. The maximum absolute atomic E-state index is 4.89. The molecule has 47 heavy (non-hydrogen) atoms. The van der Waals surface area contributed by atoms with Gasteiger partial charge in [0.2, 0.25) is 0 Å². The molecule has 0 N–H and O–H groups in total. The standard InChI is InChI=1S/2C19H22N4.Co/c2*1-11-7-8-20-18(15(11)5)19-16(6)12(2)9-17(21-19)23-14(4)10-13(3)22-23;/h2*7-10H,1-6H3;/q;;+2. The fourth-order valence-corrected chi connectivity index (χ4v) is 5.58. The molecule has 0 aliphatic heterocycles. The van der Waals surface area contributed by atoms with Crippen LogP contribution in [-0.4, -0.2) is 39.5 Å². The second-order valence-electron chi connectivity index (χ2n) is 12.4. The first kappa shape index (κ1) is 35.4. The predicted molar refractivity (Wildman–Crippen MR) is 186 cm³/mol. The molecule has 0 amide bonds. The van der Waals surface area contributed by atoms with Crippen LogP contribution in [-0.2, 0) is 16.8 Å². The monoisotopic (exact) mass is 671 g/mol. The summed E-state index contributed by atoms with van der Waals surface area (Å²) in [5.74, 6) is 1.69. The minimum Gasteiger partial charge on any atom is -0.254 e. The van der Waals surface area contributed by atoms with E-state index in [-0.39, 0.29) is 16.8 Å². The van der Waals surface area contributed by atoms with Crippen LogP contribution in [0.15, 0.2) is 48.8 Å². The van der Waals surface area contributed by atoms with E-state index in [2.05, 4.69) is 99.8 Å². The van der Waals surface area contributed by atoms with Crippen molar-refractivity contribution in [2.24, 2.45) is 0 Å². The van der Waals surface area contributed by atoms with Gasteiger partial charge < -0.3 is 0 Å². The molecular formula is C38H44CoN8+2. The molecule has 8 nitrogen and oxygen atoms in total. The fraction of sp³-hybridized carbons (Fsp3) is 0.316. The predicted octanol–water partition coefficient (Wildman–Crippen LogP) is 8.36. The Morgan fingerprint density at radius 1 is 0.426 bits per heavy atom. The van der Waals surface area contributed by atoms with E-state index < -0.39 is 0 Å². The molecule has 0 fully saturated rings. The molecule has 6 aromatic heterocycles. The van der Waals surface area contributed by atoms with Crippen molar-refractivity contribution in [1.82, 2.24) is 39.5 Å². The van der Waals surface area contributed by atoms with Crippen LogP contribution in [0.1, 0.15) is 67.3 Å². The molecular weight excluding hydrogens is 627 g/mol. The number of aryl methyl sites for hydroxylation is 8. The summed E-state index contributed by atoms with van der Waals surface area (Å²) in [5, 5.41) is 9.12. The van der Waals surface area contributed by atoms with Crippen LogP contribution in [0.3, 0.4) is 0 Å². The SMILES string of the molecule is Cc1cc(C)n(-c2cc(C)c(C)c(-c3nccc(C)c3C)n2)n1.Cc1cc(C)n(-c2cc(C)c(C)c(-c3nccc(C)c3C)n2)n1.[Co+2]. The summed E-state index contributed by atoms with van der Waals surface area (Å²) >= 11 is 0. The maximum Gasteiger partial charge on any atom is 2.00 e. The van der Waals surface area contributed by atoms with Crippen molar-refractivity contribution in [2.75, 3.05) is 0 Å². The topological polar surface area (TPSA) is 87.2 Å². The largest absolute Gasteiger partial charge is 2.00 e. The Morgan fingerprint density at radius 2 is 0.766 bits per heavy atom. The van der Waals surface area contributed by atoms with E-state index in [4.69, 9.17) is 9.97 Å². The Kier molecular flexibility index (Phi) is 10.6. The molecule has 0 unspecified atom stereocenters.